The van der Waals surface area contributed by atoms with E-state index in [1.54, 1.807) is 23.4 Å². The van der Waals surface area contributed by atoms with Gasteiger partial charge in [-0.1, -0.05) is 12.1 Å². The lowest BCUT2D eigenvalue weighted by molar-refractivity contribution is 0.0759. The molecule has 1 N–H and O–H groups in total. The predicted molar refractivity (Wildman–Crippen MR) is 85.4 cm³/mol. The quantitative estimate of drug-likeness (QED) is 0.797. The van der Waals surface area contributed by atoms with Crippen LogP contribution in [0, 0.1) is 0 Å². The van der Waals surface area contributed by atoms with Gasteiger partial charge >= 0.3 is 0 Å². The van der Waals surface area contributed by atoms with Crippen LogP contribution in [-0.2, 0) is 0 Å². The number of aliphatic hydroxyl groups is 1. The zero-order valence-corrected chi connectivity index (χ0v) is 12.8. The molecule has 22 heavy (non-hydrogen) atoms. The summed E-state index contributed by atoms with van der Waals surface area (Å²) in [7, 11) is 0. The van der Waals surface area contributed by atoms with Gasteiger partial charge < -0.3 is 10.0 Å². The molecule has 0 saturated heterocycles. The Kier molecular flexibility index (Phi) is 6.03. The van der Waals surface area contributed by atoms with Crippen LogP contribution >= 0.6 is 0 Å². The third-order valence-corrected chi connectivity index (χ3v) is 3.44. The third-order valence-electron chi connectivity index (χ3n) is 3.44. The molecule has 0 spiro atoms. The molecule has 2 aromatic rings. The van der Waals surface area contributed by atoms with Crippen LogP contribution in [0.4, 0.5) is 0 Å². The van der Waals surface area contributed by atoms with Gasteiger partial charge in [0.05, 0.1) is 0 Å². The summed E-state index contributed by atoms with van der Waals surface area (Å²) in [6, 6.07) is 9.14. The average molecular weight is 299 g/mol. The van der Waals surface area contributed by atoms with Crippen molar-refractivity contribution in [1.82, 2.24) is 14.9 Å². The number of unbranched alkanes of at least 4 members (excludes halogenated alkanes) is 1. The first-order valence-electron chi connectivity index (χ1n) is 7.54. The molecular formula is C17H21N3O2. The minimum atomic E-state index is -0.00165. The number of nitrogens with zero attached hydrogens (tertiary/aromatic N) is 3. The molecule has 1 aromatic carbocycles. The van der Waals surface area contributed by atoms with E-state index in [0.717, 1.165) is 12.0 Å². The molecule has 0 bridgehead atoms. The van der Waals surface area contributed by atoms with Crippen molar-refractivity contribution in [1.29, 1.82) is 0 Å². The van der Waals surface area contributed by atoms with Crippen LogP contribution in [0.3, 0.4) is 0 Å². The van der Waals surface area contributed by atoms with Gasteiger partial charge in [-0.05, 0) is 38.0 Å². The van der Waals surface area contributed by atoms with Crippen LogP contribution < -0.4 is 0 Å². The van der Waals surface area contributed by atoms with Gasteiger partial charge in [0.25, 0.3) is 5.91 Å². The third kappa shape index (κ3) is 4.11. The highest BCUT2D eigenvalue weighted by Crippen LogP contribution is 2.17. The molecule has 0 saturated carbocycles. The lowest BCUT2D eigenvalue weighted by atomic mass is 10.1. The van der Waals surface area contributed by atoms with E-state index in [0.29, 0.717) is 30.9 Å². The number of hydrogen-bond donors (Lipinski definition) is 1. The molecular weight excluding hydrogens is 278 g/mol. The lowest BCUT2D eigenvalue weighted by Crippen LogP contribution is -2.31. The van der Waals surface area contributed by atoms with Gasteiger partial charge in [0.2, 0.25) is 0 Å². The van der Waals surface area contributed by atoms with Gasteiger partial charge in [0.1, 0.15) is 0 Å². The summed E-state index contributed by atoms with van der Waals surface area (Å²) in [4.78, 5) is 22.8. The fraction of sp³-hybridized carbons (Fsp3) is 0.353. The second kappa shape index (κ2) is 8.24. The summed E-state index contributed by atoms with van der Waals surface area (Å²) in [5, 5.41) is 8.85. The first-order valence-corrected chi connectivity index (χ1v) is 7.54. The Morgan fingerprint density at radius 3 is 2.64 bits per heavy atom. The molecule has 0 atom stereocenters. The molecule has 0 aliphatic heterocycles. The van der Waals surface area contributed by atoms with Gasteiger partial charge in [-0.2, -0.15) is 0 Å². The predicted octanol–water partition coefficient (Wildman–Crippen LogP) is 2.38. The summed E-state index contributed by atoms with van der Waals surface area (Å²) in [5.74, 6) is 0.610. The van der Waals surface area contributed by atoms with Crippen LogP contribution in [0.2, 0.25) is 0 Å². The Balaban J connectivity index is 2.16. The topological polar surface area (TPSA) is 66.3 Å². The van der Waals surface area contributed by atoms with Crippen molar-refractivity contribution in [2.75, 3.05) is 19.7 Å². The molecule has 1 amide bonds. The zero-order chi connectivity index (χ0) is 15.8. The van der Waals surface area contributed by atoms with E-state index >= 15 is 0 Å². The van der Waals surface area contributed by atoms with Crippen LogP contribution in [-0.4, -0.2) is 45.6 Å². The molecule has 0 radical (unpaired) electrons. The molecule has 0 fully saturated rings. The summed E-state index contributed by atoms with van der Waals surface area (Å²) in [6.07, 6.45) is 4.88. The molecule has 0 unspecified atom stereocenters. The summed E-state index contributed by atoms with van der Waals surface area (Å²) in [6.45, 7) is 3.42. The normalized spacial score (nSPS) is 10.5. The van der Waals surface area contributed by atoms with Crippen molar-refractivity contribution in [3.05, 3.63) is 48.3 Å². The largest absolute Gasteiger partial charge is 0.396 e. The number of rotatable bonds is 7. The Hall–Kier alpha value is -2.27. The number of aromatic nitrogens is 2. The number of carbonyl (C=O) groups excluding carboxylic acids is 1. The minimum absolute atomic E-state index is 0.00165. The summed E-state index contributed by atoms with van der Waals surface area (Å²) >= 11 is 0. The van der Waals surface area contributed by atoms with Gasteiger partial charge in [0, 0.05) is 43.2 Å². The average Bonchev–Trinajstić information content (AvgIpc) is 2.59. The maximum Gasteiger partial charge on any atom is 0.253 e. The van der Waals surface area contributed by atoms with Crippen LogP contribution in [0.15, 0.2) is 42.7 Å². The van der Waals surface area contributed by atoms with Crippen molar-refractivity contribution in [2.45, 2.75) is 19.8 Å². The van der Waals surface area contributed by atoms with Crippen molar-refractivity contribution >= 4 is 5.91 Å². The minimum Gasteiger partial charge on any atom is -0.396 e. The fourth-order valence-corrected chi connectivity index (χ4v) is 2.24. The number of hydrogen-bond acceptors (Lipinski definition) is 4. The number of amides is 1. The molecule has 5 heteroatoms. The van der Waals surface area contributed by atoms with E-state index in [1.165, 1.54) is 0 Å². The lowest BCUT2D eigenvalue weighted by Gasteiger charge is -2.21. The summed E-state index contributed by atoms with van der Waals surface area (Å²) in [5.41, 5.74) is 1.47. The van der Waals surface area contributed by atoms with Crippen molar-refractivity contribution in [2.24, 2.45) is 0 Å². The highest BCUT2D eigenvalue weighted by molar-refractivity contribution is 5.95. The smallest absolute Gasteiger partial charge is 0.253 e. The zero-order valence-electron chi connectivity index (χ0n) is 12.8. The molecule has 0 aliphatic carbocycles. The number of carbonyl (C=O) groups is 1. The Labute approximate surface area is 130 Å². The van der Waals surface area contributed by atoms with Crippen molar-refractivity contribution in [3.8, 4) is 11.4 Å². The Morgan fingerprint density at radius 2 is 1.95 bits per heavy atom. The first kappa shape index (κ1) is 16.1. The maximum absolute atomic E-state index is 12.6. The monoisotopic (exact) mass is 299 g/mol. The number of benzene rings is 1. The van der Waals surface area contributed by atoms with Gasteiger partial charge in [-0.3, -0.25) is 4.79 Å². The standard InChI is InChI=1S/C17H21N3O2/c1-2-20(11-3-4-12-21)17(22)15-8-5-7-14(13-15)16-18-9-6-10-19-16/h5-10,13,21H,2-4,11-12H2,1H3. The van der Waals surface area contributed by atoms with E-state index in [9.17, 15) is 4.79 Å². The van der Waals surface area contributed by atoms with Crippen molar-refractivity contribution < 1.29 is 9.90 Å². The Morgan fingerprint density at radius 1 is 1.18 bits per heavy atom. The van der Waals surface area contributed by atoms with Crippen LogP contribution in [0.25, 0.3) is 11.4 Å². The van der Waals surface area contributed by atoms with Crippen LogP contribution in [0.5, 0.6) is 0 Å². The van der Waals surface area contributed by atoms with E-state index in [1.807, 2.05) is 31.2 Å². The second-order valence-corrected chi connectivity index (χ2v) is 4.97. The molecule has 116 valence electrons. The molecule has 0 aliphatic rings. The first-order chi connectivity index (χ1) is 10.8. The summed E-state index contributed by atoms with van der Waals surface area (Å²) < 4.78 is 0. The SMILES string of the molecule is CCN(CCCCO)C(=O)c1cccc(-c2ncccn2)c1. The second-order valence-electron chi connectivity index (χ2n) is 4.97. The van der Waals surface area contributed by atoms with Crippen molar-refractivity contribution in [3.63, 3.8) is 0 Å². The van der Waals surface area contributed by atoms with E-state index in [-0.39, 0.29) is 12.5 Å². The van der Waals surface area contributed by atoms with Gasteiger partial charge in [-0.25, -0.2) is 9.97 Å². The molecule has 1 aromatic heterocycles. The van der Waals surface area contributed by atoms with E-state index in [4.69, 9.17) is 5.11 Å². The molecule has 1 heterocycles. The highest BCUT2D eigenvalue weighted by Gasteiger charge is 2.14. The van der Waals surface area contributed by atoms with Gasteiger partial charge in [-0.15, -0.1) is 0 Å². The Bertz CT molecular complexity index is 602. The van der Waals surface area contributed by atoms with E-state index < -0.39 is 0 Å². The number of aliphatic hydroxyl groups excluding tert-OH is 1. The maximum atomic E-state index is 12.6. The molecule has 2 rings (SSSR count). The van der Waals surface area contributed by atoms with Gasteiger partial charge in [0.15, 0.2) is 5.82 Å². The fourth-order valence-electron chi connectivity index (χ4n) is 2.24. The highest BCUT2D eigenvalue weighted by atomic mass is 16.3. The van der Waals surface area contributed by atoms with Crippen LogP contribution in [0.1, 0.15) is 30.1 Å². The van der Waals surface area contributed by atoms with E-state index in [2.05, 4.69) is 9.97 Å². The molecule has 5 nitrogen and oxygen atoms in total.